The number of aliphatic hydroxyl groups excluding tert-OH is 1. The Balaban J connectivity index is 2.26. The normalized spacial score (nSPS) is 9.90. The van der Waals surface area contributed by atoms with E-state index in [0.29, 0.717) is 27.9 Å². The Morgan fingerprint density at radius 1 is 1.48 bits per heavy atom. The highest BCUT2D eigenvalue weighted by molar-refractivity contribution is 6.34. The lowest BCUT2D eigenvalue weighted by molar-refractivity contribution is 0.0994. The van der Waals surface area contributed by atoms with E-state index >= 15 is 0 Å². The number of oxazole rings is 1. The molecule has 2 rings (SSSR count). The van der Waals surface area contributed by atoms with E-state index in [4.69, 9.17) is 21.1 Å². The minimum atomic E-state index is -0.428. The minimum Gasteiger partial charge on any atom is -0.436 e. The summed E-state index contributed by atoms with van der Waals surface area (Å²) >= 11 is 6.05. The smallest absolute Gasteiger partial charge is 0.293 e. The molecule has 0 saturated heterocycles. The maximum Gasteiger partial charge on any atom is 0.293 e. The number of carbonyl (C=O) groups is 1. The van der Waals surface area contributed by atoms with Crippen molar-refractivity contribution in [3.05, 3.63) is 46.1 Å². The average molecular weight is 305 g/mol. The van der Waals surface area contributed by atoms with Crippen molar-refractivity contribution in [2.45, 2.75) is 13.8 Å². The number of nitrogens with one attached hydrogen (secondary N) is 1. The van der Waals surface area contributed by atoms with Crippen molar-refractivity contribution in [2.75, 3.05) is 11.9 Å². The van der Waals surface area contributed by atoms with Crippen molar-refractivity contribution < 1.29 is 14.3 Å². The van der Waals surface area contributed by atoms with Crippen molar-refractivity contribution >= 4 is 23.2 Å². The van der Waals surface area contributed by atoms with Gasteiger partial charge in [0.15, 0.2) is 5.89 Å². The fourth-order valence-corrected chi connectivity index (χ4v) is 1.93. The second kappa shape index (κ2) is 6.44. The molecule has 0 saturated carbocycles. The van der Waals surface area contributed by atoms with Gasteiger partial charge in [-0.3, -0.25) is 4.79 Å². The number of rotatable bonds is 2. The van der Waals surface area contributed by atoms with Crippen LogP contribution in [-0.2, 0) is 0 Å². The van der Waals surface area contributed by atoms with Gasteiger partial charge in [0, 0.05) is 12.5 Å². The maximum atomic E-state index is 12.1. The van der Waals surface area contributed by atoms with Gasteiger partial charge in [0.2, 0.25) is 5.76 Å². The first-order valence-corrected chi connectivity index (χ1v) is 6.53. The summed E-state index contributed by atoms with van der Waals surface area (Å²) in [7, 11) is 0. The lowest BCUT2D eigenvalue weighted by Gasteiger charge is -2.06. The highest BCUT2D eigenvalue weighted by Crippen LogP contribution is 2.24. The zero-order valence-corrected chi connectivity index (χ0v) is 12.3. The lowest BCUT2D eigenvalue weighted by Crippen LogP contribution is -2.12. The van der Waals surface area contributed by atoms with Gasteiger partial charge in [-0.1, -0.05) is 23.4 Å². The molecule has 0 aliphatic heterocycles. The zero-order chi connectivity index (χ0) is 15.4. The first kappa shape index (κ1) is 15.1. The van der Waals surface area contributed by atoms with Gasteiger partial charge in [0.05, 0.1) is 16.4 Å². The van der Waals surface area contributed by atoms with Crippen LogP contribution in [0.15, 0.2) is 22.6 Å². The number of benzene rings is 1. The standard InChI is InChI=1S/C15H13ClN2O3/c1-9-14(21-10(2)17-9)15(20)18-13-8-11(4-3-7-19)5-6-12(13)16/h5-6,8,19H,7H2,1-2H3,(H,18,20). The summed E-state index contributed by atoms with van der Waals surface area (Å²) in [4.78, 5) is 16.2. The molecule has 0 unspecified atom stereocenters. The second-order valence-electron chi connectivity index (χ2n) is 4.26. The summed E-state index contributed by atoms with van der Waals surface area (Å²) in [6.07, 6.45) is 0. The van der Waals surface area contributed by atoms with Crippen molar-refractivity contribution in [1.29, 1.82) is 0 Å². The van der Waals surface area contributed by atoms with E-state index in [1.807, 2.05) is 0 Å². The van der Waals surface area contributed by atoms with Crippen LogP contribution in [0.3, 0.4) is 0 Å². The molecule has 2 aromatic rings. The molecule has 108 valence electrons. The van der Waals surface area contributed by atoms with E-state index in [9.17, 15) is 4.79 Å². The lowest BCUT2D eigenvalue weighted by atomic mass is 10.2. The van der Waals surface area contributed by atoms with E-state index in [1.165, 1.54) is 0 Å². The molecule has 1 heterocycles. The third-order valence-electron chi connectivity index (χ3n) is 2.64. The maximum absolute atomic E-state index is 12.1. The molecule has 0 aliphatic carbocycles. The SMILES string of the molecule is Cc1nc(C)c(C(=O)Nc2cc(C#CCO)ccc2Cl)o1. The number of hydrogen-bond acceptors (Lipinski definition) is 4. The van der Waals surface area contributed by atoms with Crippen molar-refractivity contribution in [2.24, 2.45) is 0 Å². The molecule has 0 atom stereocenters. The molecule has 5 nitrogen and oxygen atoms in total. The number of amides is 1. The fourth-order valence-electron chi connectivity index (χ4n) is 1.76. The molecule has 1 aromatic heterocycles. The van der Waals surface area contributed by atoms with Crippen LogP contribution in [0.5, 0.6) is 0 Å². The Morgan fingerprint density at radius 3 is 2.86 bits per heavy atom. The fraction of sp³-hybridized carbons (Fsp3) is 0.200. The molecule has 2 N–H and O–H groups in total. The largest absolute Gasteiger partial charge is 0.436 e. The van der Waals surface area contributed by atoms with Crippen molar-refractivity contribution in [3.8, 4) is 11.8 Å². The Labute approximate surface area is 127 Å². The van der Waals surface area contributed by atoms with Gasteiger partial charge >= 0.3 is 0 Å². The average Bonchev–Trinajstić information content (AvgIpc) is 2.78. The molecule has 1 amide bonds. The number of nitrogens with zero attached hydrogens (tertiary/aromatic N) is 1. The predicted molar refractivity (Wildman–Crippen MR) is 79.3 cm³/mol. The molecule has 6 heteroatoms. The third-order valence-corrected chi connectivity index (χ3v) is 2.97. The zero-order valence-electron chi connectivity index (χ0n) is 11.5. The number of halogens is 1. The number of aliphatic hydroxyl groups is 1. The van der Waals surface area contributed by atoms with Crippen LogP contribution in [0.1, 0.15) is 27.7 Å². The van der Waals surface area contributed by atoms with Crippen LogP contribution in [-0.4, -0.2) is 22.6 Å². The van der Waals surface area contributed by atoms with Crippen molar-refractivity contribution in [1.82, 2.24) is 4.98 Å². The first-order valence-electron chi connectivity index (χ1n) is 6.16. The van der Waals surface area contributed by atoms with Crippen LogP contribution < -0.4 is 5.32 Å². The third kappa shape index (κ3) is 3.63. The van der Waals surface area contributed by atoms with Crippen LogP contribution in [0.4, 0.5) is 5.69 Å². The van der Waals surface area contributed by atoms with Gasteiger partial charge in [-0.2, -0.15) is 0 Å². The van der Waals surface area contributed by atoms with Gasteiger partial charge in [-0.15, -0.1) is 0 Å². The molecular formula is C15H13ClN2O3. The molecule has 0 radical (unpaired) electrons. The number of carbonyl (C=O) groups excluding carboxylic acids is 1. The number of aromatic nitrogens is 1. The molecule has 0 fully saturated rings. The molecule has 0 spiro atoms. The monoisotopic (exact) mass is 304 g/mol. The quantitative estimate of drug-likeness (QED) is 0.836. The molecule has 0 bridgehead atoms. The summed E-state index contributed by atoms with van der Waals surface area (Å²) in [6.45, 7) is 3.12. The van der Waals surface area contributed by atoms with Crippen LogP contribution >= 0.6 is 11.6 Å². The van der Waals surface area contributed by atoms with Gasteiger partial charge in [-0.05, 0) is 25.1 Å². The van der Waals surface area contributed by atoms with Gasteiger partial charge < -0.3 is 14.8 Å². The highest BCUT2D eigenvalue weighted by atomic mass is 35.5. The number of hydrogen-bond donors (Lipinski definition) is 2. The van der Waals surface area contributed by atoms with Crippen LogP contribution in [0.2, 0.25) is 5.02 Å². The van der Waals surface area contributed by atoms with Crippen LogP contribution in [0, 0.1) is 25.7 Å². The van der Waals surface area contributed by atoms with Gasteiger partial charge in [0.25, 0.3) is 5.91 Å². The molecular weight excluding hydrogens is 292 g/mol. The number of anilines is 1. The van der Waals surface area contributed by atoms with Crippen LogP contribution in [0.25, 0.3) is 0 Å². The summed E-state index contributed by atoms with van der Waals surface area (Å²) < 4.78 is 5.26. The summed E-state index contributed by atoms with van der Waals surface area (Å²) in [6, 6.07) is 4.95. The second-order valence-corrected chi connectivity index (χ2v) is 4.66. The van der Waals surface area contributed by atoms with E-state index < -0.39 is 5.91 Å². The Kier molecular flexibility index (Phi) is 4.63. The first-order chi connectivity index (χ1) is 10.0. The van der Waals surface area contributed by atoms with Gasteiger partial charge in [-0.25, -0.2) is 4.98 Å². The van der Waals surface area contributed by atoms with E-state index in [2.05, 4.69) is 22.1 Å². The molecule has 21 heavy (non-hydrogen) atoms. The minimum absolute atomic E-state index is 0.149. The van der Waals surface area contributed by atoms with Crippen molar-refractivity contribution in [3.63, 3.8) is 0 Å². The topological polar surface area (TPSA) is 75.4 Å². The van der Waals surface area contributed by atoms with E-state index in [1.54, 1.807) is 32.0 Å². The Hall–Kier alpha value is -2.29. The van der Waals surface area contributed by atoms with E-state index in [-0.39, 0.29) is 12.4 Å². The summed E-state index contributed by atoms with van der Waals surface area (Å²) in [5.74, 6) is 5.42. The highest BCUT2D eigenvalue weighted by Gasteiger charge is 2.17. The molecule has 0 aliphatic rings. The molecule has 1 aromatic carbocycles. The predicted octanol–water partition coefficient (Wildman–Crippen LogP) is 2.54. The van der Waals surface area contributed by atoms with Gasteiger partial charge in [0.1, 0.15) is 6.61 Å². The summed E-state index contributed by atoms with van der Waals surface area (Å²) in [5, 5.41) is 11.7. The Morgan fingerprint density at radius 2 is 2.24 bits per heavy atom. The summed E-state index contributed by atoms with van der Waals surface area (Å²) in [5.41, 5.74) is 1.56. The Bertz CT molecular complexity index is 741. The number of aryl methyl sites for hydroxylation is 2. The van der Waals surface area contributed by atoms with E-state index in [0.717, 1.165) is 0 Å².